The van der Waals surface area contributed by atoms with Crippen LogP contribution in [0.1, 0.15) is 25.8 Å². The van der Waals surface area contributed by atoms with Gasteiger partial charge in [0.05, 0.1) is 0 Å². The van der Waals surface area contributed by atoms with Crippen molar-refractivity contribution in [2.45, 2.75) is 33.0 Å². The molecule has 0 unspecified atom stereocenters. The zero-order chi connectivity index (χ0) is 15.2. The molecule has 1 N–H and O–H groups in total. The van der Waals surface area contributed by atoms with Gasteiger partial charge in [-0.15, -0.1) is 0 Å². The molecule has 0 heterocycles. The van der Waals surface area contributed by atoms with E-state index in [1.54, 1.807) is 13.0 Å². The number of hydrogen-bond acceptors (Lipinski definition) is 2. The lowest BCUT2D eigenvalue weighted by Gasteiger charge is -2.26. The highest BCUT2D eigenvalue weighted by atomic mass is 19.4. The summed E-state index contributed by atoms with van der Waals surface area (Å²) in [5.41, 5.74) is 0.919. The average Bonchev–Trinajstić information content (AvgIpc) is 2.33. The number of hydrogen-bond donors (Lipinski definition) is 1. The summed E-state index contributed by atoms with van der Waals surface area (Å²) in [6.07, 6.45) is -3.74. The van der Waals surface area contributed by atoms with Crippen molar-refractivity contribution in [1.82, 2.24) is 5.32 Å². The molecule has 0 saturated heterocycles. The first kappa shape index (κ1) is 16.8. The zero-order valence-corrected chi connectivity index (χ0v) is 11.7. The van der Waals surface area contributed by atoms with Crippen molar-refractivity contribution in [1.29, 1.82) is 0 Å². The number of anilines is 1. The number of alkyl halides is 3. The van der Waals surface area contributed by atoms with E-state index in [-0.39, 0.29) is 12.2 Å². The second-order valence-electron chi connectivity index (χ2n) is 4.63. The SMILES string of the molecule is CCCN(CC(F)(F)F)c1cc(F)cc(CNCC)c1. The van der Waals surface area contributed by atoms with E-state index >= 15 is 0 Å². The van der Waals surface area contributed by atoms with Gasteiger partial charge in [0.15, 0.2) is 0 Å². The van der Waals surface area contributed by atoms with E-state index in [2.05, 4.69) is 5.32 Å². The van der Waals surface area contributed by atoms with Crippen molar-refractivity contribution in [3.8, 4) is 0 Å². The minimum Gasteiger partial charge on any atom is -0.363 e. The van der Waals surface area contributed by atoms with Crippen LogP contribution in [0.5, 0.6) is 0 Å². The molecule has 0 spiro atoms. The van der Waals surface area contributed by atoms with E-state index in [0.29, 0.717) is 25.1 Å². The number of halogens is 4. The summed E-state index contributed by atoms with van der Waals surface area (Å²) in [6.45, 7) is 4.03. The molecule has 1 rings (SSSR count). The minimum absolute atomic E-state index is 0.240. The summed E-state index contributed by atoms with van der Waals surface area (Å²) in [6, 6.07) is 4.09. The van der Waals surface area contributed by atoms with Gasteiger partial charge in [-0.2, -0.15) is 13.2 Å². The molecule has 2 nitrogen and oxygen atoms in total. The predicted octanol–water partition coefficient (Wildman–Crippen LogP) is 3.71. The van der Waals surface area contributed by atoms with Gasteiger partial charge in [-0.25, -0.2) is 4.39 Å². The maximum Gasteiger partial charge on any atom is 0.405 e. The maximum absolute atomic E-state index is 13.6. The van der Waals surface area contributed by atoms with Crippen LogP contribution in [0.3, 0.4) is 0 Å². The van der Waals surface area contributed by atoms with Crippen molar-refractivity contribution >= 4 is 5.69 Å². The molecule has 0 saturated carbocycles. The van der Waals surface area contributed by atoms with Crippen molar-refractivity contribution in [3.63, 3.8) is 0 Å². The van der Waals surface area contributed by atoms with Crippen LogP contribution < -0.4 is 10.2 Å². The van der Waals surface area contributed by atoms with E-state index in [1.165, 1.54) is 11.0 Å². The number of nitrogens with zero attached hydrogens (tertiary/aromatic N) is 1. The van der Waals surface area contributed by atoms with Crippen LogP contribution in [0, 0.1) is 5.82 Å². The molecule has 0 radical (unpaired) electrons. The lowest BCUT2D eigenvalue weighted by Crippen LogP contribution is -2.35. The number of rotatable bonds is 7. The van der Waals surface area contributed by atoms with Crippen LogP contribution >= 0.6 is 0 Å². The van der Waals surface area contributed by atoms with E-state index < -0.39 is 18.5 Å². The lowest BCUT2D eigenvalue weighted by molar-refractivity contribution is -0.119. The molecule has 1 aromatic rings. The molecule has 0 fully saturated rings. The topological polar surface area (TPSA) is 15.3 Å². The van der Waals surface area contributed by atoms with Gasteiger partial charge in [-0.3, -0.25) is 0 Å². The fourth-order valence-corrected chi connectivity index (χ4v) is 1.97. The predicted molar refractivity (Wildman–Crippen MR) is 72.3 cm³/mol. The Morgan fingerprint density at radius 2 is 1.85 bits per heavy atom. The summed E-state index contributed by atoms with van der Waals surface area (Å²) in [4.78, 5) is 1.17. The third kappa shape index (κ3) is 5.77. The van der Waals surface area contributed by atoms with E-state index in [9.17, 15) is 17.6 Å². The Kier molecular flexibility index (Phi) is 6.26. The standard InChI is InChI=1S/C14H20F4N2/c1-3-5-20(10-14(16,17)18)13-7-11(9-19-4-2)6-12(15)8-13/h6-8,19H,3-5,9-10H2,1-2H3. The third-order valence-corrected chi connectivity index (χ3v) is 2.75. The Labute approximate surface area is 116 Å². The van der Waals surface area contributed by atoms with Gasteiger partial charge in [-0.05, 0) is 36.7 Å². The highest BCUT2D eigenvalue weighted by Gasteiger charge is 2.30. The quantitative estimate of drug-likeness (QED) is 0.771. The van der Waals surface area contributed by atoms with Gasteiger partial charge in [0, 0.05) is 18.8 Å². The van der Waals surface area contributed by atoms with Crippen molar-refractivity contribution < 1.29 is 17.6 Å². The largest absolute Gasteiger partial charge is 0.405 e. The minimum atomic E-state index is -4.30. The molecular formula is C14H20F4N2. The highest BCUT2D eigenvalue weighted by molar-refractivity contribution is 5.49. The van der Waals surface area contributed by atoms with E-state index in [4.69, 9.17) is 0 Å². The van der Waals surface area contributed by atoms with Gasteiger partial charge < -0.3 is 10.2 Å². The second kappa shape index (κ2) is 7.47. The summed E-state index contributed by atoms with van der Waals surface area (Å²) >= 11 is 0. The first-order chi connectivity index (χ1) is 9.35. The van der Waals surface area contributed by atoms with Crippen LogP contribution in [-0.2, 0) is 6.54 Å². The molecular weight excluding hydrogens is 272 g/mol. The van der Waals surface area contributed by atoms with Crippen LogP contribution in [0.25, 0.3) is 0 Å². The molecule has 0 aromatic heterocycles. The first-order valence-corrected chi connectivity index (χ1v) is 6.67. The molecule has 1 aromatic carbocycles. The van der Waals surface area contributed by atoms with Crippen LogP contribution in [-0.4, -0.2) is 25.8 Å². The van der Waals surface area contributed by atoms with Gasteiger partial charge >= 0.3 is 6.18 Å². The molecule has 114 valence electrons. The monoisotopic (exact) mass is 292 g/mol. The van der Waals surface area contributed by atoms with Crippen molar-refractivity contribution in [2.75, 3.05) is 24.5 Å². The van der Waals surface area contributed by atoms with Crippen LogP contribution in [0.15, 0.2) is 18.2 Å². The van der Waals surface area contributed by atoms with Crippen LogP contribution in [0.2, 0.25) is 0 Å². The van der Waals surface area contributed by atoms with Gasteiger partial charge in [0.1, 0.15) is 12.4 Å². The van der Waals surface area contributed by atoms with E-state index in [1.807, 2.05) is 6.92 Å². The number of nitrogens with one attached hydrogen (secondary N) is 1. The molecule has 20 heavy (non-hydrogen) atoms. The first-order valence-electron chi connectivity index (χ1n) is 6.67. The van der Waals surface area contributed by atoms with Crippen molar-refractivity contribution in [3.05, 3.63) is 29.6 Å². The molecule has 0 bridgehead atoms. The molecule has 0 aliphatic rings. The fourth-order valence-electron chi connectivity index (χ4n) is 1.97. The Hall–Kier alpha value is -1.30. The normalized spacial score (nSPS) is 11.7. The molecule has 6 heteroatoms. The smallest absolute Gasteiger partial charge is 0.363 e. The summed E-state index contributed by atoms with van der Waals surface area (Å²) < 4.78 is 51.3. The zero-order valence-electron chi connectivity index (χ0n) is 11.7. The fraction of sp³-hybridized carbons (Fsp3) is 0.571. The van der Waals surface area contributed by atoms with Crippen molar-refractivity contribution in [2.24, 2.45) is 0 Å². The third-order valence-electron chi connectivity index (χ3n) is 2.75. The highest BCUT2D eigenvalue weighted by Crippen LogP contribution is 2.24. The summed E-state index contributed by atoms with van der Waals surface area (Å²) in [5, 5.41) is 3.03. The molecule has 0 amide bonds. The van der Waals surface area contributed by atoms with Crippen LogP contribution in [0.4, 0.5) is 23.2 Å². The van der Waals surface area contributed by atoms with E-state index in [0.717, 1.165) is 6.07 Å². The second-order valence-corrected chi connectivity index (χ2v) is 4.63. The molecule has 0 aliphatic heterocycles. The van der Waals surface area contributed by atoms with Gasteiger partial charge in [0.2, 0.25) is 0 Å². The molecule has 0 aliphatic carbocycles. The molecule has 0 atom stereocenters. The number of benzene rings is 1. The summed E-state index contributed by atoms with van der Waals surface area (Å²) in [7, 11) is 0. The Morgan fingerprint density at radius 1 is 1.15 bits per heavy atom. The Bertz CT molecular complexity index is 418. The Balaban J connectivity index is 2.96. The van der Waals surface area contributed by atoms with Gasteiger partial charge in [0.25, 0.3) is 0 Å². The maximum atomic E-state index is 13.6. The lowest BCUT2D eigenvalue weighted by atomic mass is 10.1. The van der Waals surface area contributed by atoms with Gasteiger partial charge in [-0.1, -0.05) is 13.8 Å². The average molecular weight is 292 g/mol. The Morgan fingerprint density at radius 3 is 2.40 bits per heavy atom. The summed E-state index contributed by atoms with van der Waals surface area (Å²) in [5.74, 6) is -0.515.